The molecule has 0 amide bonds. The number of alkyl halides is 3. The summed E-state index contributed by atoms with van der Waals surface area (Å²) in [7, 11) is 0. The van der Waals surface area contributed by atoms with Crippen LogP contribution < -0.4 is 5.32 Å². The first-order valence-corrected chi connectivity index (χ1v) is 5.60. The van der Waals surface area contributed by atoms with E-state index >= 15 is 0 Å². The van der Waals surface area contributed by atoms with E-state index in [2.05, 4.69) is 5.32 Å². The fourth-order valence-electron chi connectivity index (χ4n) is 1.90. The van der Waals surface area contributed by atoms with Crippen molar-refractivity contribution in [1.82, 2.24) is 0 Å². The van der Waals surface area contributed by atoms with Crippen molar-refractivity contribution in [1.29, 1.82) is 0 Å². The molecule has 2 N–H and O–H groups in total. The van der Waals surface area contributed by atoms with E-state index < -0.39 is 23.2 Å². The Labute approximate surface area is 107 Å². The second kappa shape index (κ2) is 4.73. The summed E-state index contributed by atoms with van der Waals surface area (Å²) in [5, 5.41) is 11.9. The molecule has 1 unspecified atom stereocenters. The summed E-state index contributed by atoms with van der Waals surface area (Å²) in [5.41, 5.74) is -1.72. The fraction of sp³-hybridized carbons (Fsp3) is 0.417. The minimum atomic E-state index is -4.40. The third kappa shape index (κ3) is 2.81. The number of carboxylic acids is 1. The van der Waals surface area contributed by atoms with Crippen LogP contribution in [0.5, 0.6) is 0 Å². The van der Waals surface area contributed by atoms with Crippen LogP contribution in [0.4, 0.5) is 18.9 Å². The lowest BCUT2D eigenvalue weighted by atomic mass is 9.98. The molecular formula is C12H12F3NO3. The summed E-state index contributed by atoms with van der Waals surface area (Å²) < 4.78 is 42.2. The van der Waals surface area contributed by atoms with Crippen molar-refractivity contribution >= 4 is 11.7 Å². The van der Waals surface area contributed by atoms with Crippen LogP contribution in [0.25, 0.3) is 0 Å². The Hall–Kier alpha value is -1.76. The third-order valence-electron chi connectivity index (χ3n) is 3.03. The van der Waals surface area contributed by atoms with E-state index in [0.29, 0.717) is 12.3 Å². The maximum atomic E-state index is 12.4. The molecule has 7 heteroatoms. The summed E-state index contributed by atoms with van der Waals surface area (Å²) >= 11 is 0. The van der Waals surface area contributed by atoms with Crippen LogP contribution in [0.15, 0.2) is 24.3 Å². The van der Waals surface area contributed by atoms with Gasteiger partial charge < -0.3 is 15.2 Å². The third-order valence-corrected chi connectivity index (χ3v) is 3.03. The Morgan fingerprint density at radius 2 is 1.95 bits per heavy atom. The molecule has 4 nitrogen and oxygen atoms in total. The molecule has 1 aromatic carbocycles. The molecule has 0 aliphatic carbocycles. The average Bonchev–Trinajstić information content (AvgIpc) is 2.78. The minimum absolute atomic E-state index is 0.0106. The maximum Gasteiger partial charge on any atom is 0.416 e. The van der Waals surface area contributed by atoms with E-state index in [1.165, 1.54) is 12.1 Å². The molecule has 104 valence electrons. The molecule has 2 rings (SSSR count). The zero-order chi connectivity index (χ0) is 14.1. The number of benzene rings is 1. The van der Waals surface area contributed by atoms with Crippen LogP contribution >= 0.6 is 0 Å². The summed E-state index contributed by atoms with van der Waals surface area (Å²) in [5.74, 6) is -1.08. The van der Waals surface area contributed by atoms with Gasteiger partial charge in [-0.15, -0.1) is 0 Å². The zero-order valence-electron chi connectivity index (χ0n) is 9.83. The van der Waals surface area contributed by atoms with Gasteiger partial charge in [-0.25, -0.2) is 4.79 Å². The molecule has 1 atom stereocenters. The minimum Gasteiger partial charge on any atom is -0.479 e. The molecule has 1 heterocycles. The topological polar surface area (TPSA) is 58.6 Å². The van der Waals surface area contributed by atoms with E-state index in [0.717, 1.165) is 12.1 Å². The van der Waals surface area contributed by atoms with Gasteiger partial charge in [0.1, 0.15) is 0 Å². The van der Waals surface area contributed by atoms with Gasteiger partial charge in [-0.1, -0.05) is 0 Å². The van der Waals surface area contributed by atoms with Crippen molar-refractivity contribution in [2.24, 2.45) is 0 Å². The number of ether oxygens (including phenoxy) is 1. The van der Waals surface area contributed by atoms with Gasteiger partial charge in [0.05, 0.1) is 12.2 Å². The van der Waals surface area contributed by atoms with E-state index in [1.807, 2.05) is 0 Å². The second-order valence-corrected chi connectivity index (χ2v) is 4.39. The van der Waals surface area contributed by atoms with Crippen molar-refractivity contribution in [2.45, 2.75) is 18.1 Å². The molecule has 0 spiro atoms. The van der Waals surface area contributed by atoms with Gasteiger partial charge in [0.15, 0.2) is 5.54 Å². The van der Waals surface area contributed by atoms with Gasteiger partial charge in [0, 0.05) is 18.7 Å². The molecule has 0 saturated carbocycles. The molecule has 1 aromatic rings. The van der Waals surface area contributed by atoms with Gasteiger partial charge in [-0.05, 0) is 24.3 Å². The van der Waals surface area contributed by atoms with Crippen molar-refractivity contribution in [3.63, 3.8) is 0 Å². The first-order chi connectivity index (χ1) is 8.83. The van der Waals surface area contributed by atoms with E-state index in [9.17, 15) is 23.1 Å². The van der Waals surface area contributed by atoms with Crippen LogP contribution in [0.1, 0.15) is 12.0 Å². The number of hydrogen-bond donors (Lipinski definition) is 2. The molecule has 0 bridgehead atoms. The Morgan fingerprint density at radius 3 is 2.37 bits per heavy atom. The van der Waals surface area contributed by atoms with E-state index in [4.69, 9.17) is 4.74 Å². The van der Waals surface area contributed by atoms with Crippen LogP contribution in [-0.4, -0.2) is 29.8 Å². The molecule has 1 fully saturated rings. The summed E-state index contributed by atoms with van der Waals surface area (Å²) in [6.45, 7) is 0.295. The highest BCUT2D eigenvalue weighted by Gasteiger charge is 2.42. The van der Waals surface area contributed by atoms with Gasteiger partial charge in [0.25, 0.3) is 0 Å². The van der Waals surface area contributed by atoms with E-state index in [-0.39, 0.29) is 13.0 Å². The molecule has 1 aliphatic heterocycles. The Morgan fingerprint density at radius 1 is 1.32 bits per heavy atom. The van der Waals surface area contributed by atoms with Gasteiger partial charge >= 0.3 is 12.1 Å². The second-order valence-electron chi connectivity index (χ2n) is 4.39. The molecule has 0 radical (unpaired) electrons. The molecule has 1 saturated heterocycles. The number of anilines is 1. The van der Waals surface area contributed by atoms with Crippen molar-refractivity contribution < 1.29 is 27.8 Å². The highest BCUT2D eigenvalue weighted by atomic mass is 19.4. The molecular weight excluding hydrogens is 263 g/mol. The lowest BCUT2D eigenvalue weighted by Gasteiger charge is -2.25. The van der Waals surface area contributed by atoms with Gasteiger partial charge in [0.2, 0.25) is 0 Å². The number of aliphatic carboxylic acids is 1. The van der Waals surface area contributed by atoms with Gasteiger partial charge in [-0.3, -0.25) is 0 Å². The quantitative estimate of drug-likeness (QED) is 0.889. The summed E-state index contributed by atoms with van der Waals surface area (Å²) in [6.07, 6.45) is -4.14. The lowest BCUT2D eigenvalue weighted by Crippen LogP contribution is -2.47. The van der Waals surface area contributed by atoms with Crippen molar-refractivity contribution in [2.75, 3.05) is 18.5 Å². The first kappa shape index (κ1) is 13.7. The highest BCUT2D eigenvalue weighted by molar-refractivity contribution is 5.83. The van der Waals surface area contributed by atoms with Crippen molar-refractivity contribution in [3.8, 4) is 0 Å². The van der Waals surface area contributed by atoms with Crippen LogP contribution in [0.3, 0.4) is 0 Å². The predicted molar refractivity (Wildman–Crippen MR) is 60.9 cm³/mol. The Balaban J connectivity index is 2.17. The van der Waals surface area contributed by atoms with Crippen LogP contribution in [-0.2, 0) is 15.7 Å². The molecule has 0 aromatic heterocycles. The normalized spacial score (nSPS) is 23.3. The number of halogens is 3. The number of hydrogen-bond acceptors (Lipinski definition) is 3. The summed E-state index contributed by atoms with van der Waals surface area (Å²) in [4.78, 5) is 11.2. The lowest BCUT2D eigenvalue weighted by molar-refractivity contribution is -0.142. The fourth-order valence-corrected chi connectivity index (χ4v) is 1.90. The number of rotatable bonds is 3. The largest absolute Gasteiger partial charge is 0.479 e. The smallest absolute Gasteiger partial charge is 0.416 e. The summed E-state index contributed by atoms with van der Waals surface area (Å²) in [6, 6.07) is 4.25. The number of carbonyl (C=O) groups is 1. The Kier molecular flexibility index (Phi) is 3.40. The number of carboxylic acid groups (broad SMARTS) is 1. The molecule has 19 heavy (non-hydrogen) atoms. The maximum absolute atomic E-state index is 12.4. The monoisotopic (exact) mass is 275 g/mol. The SMILES string of the molecule is O=C(O)C1(Nc2ccc(C(F)(F)F)cc2)CCOC1. The predicted octanol–water partition coefficient (Wildman–Crippen LogP) is 2.36. The van der Waals surface area contributed by atoms with Crippen LogP contribution in [0, 0.1) is 0 Å². The van der Waals surface area contributed by atoms with Gasteiger partial charge in [-0.2, -0.15) is 13.2 Å². The zero-order valence-corrected chi connectivity index (χ0v) is 9.83. The number of nitrogens with one attached hydrogen (secondary N) is 1. The average molecular weight is 275 g/mol. The first-order valence-electron chi connectivity index (χ1n) is 5.60. The Bertz CT molecular complexity index is 464. The van der Waals surface area contributed by atoms with Crippen LogP contribution in [0.2, 0.25) is 0 Å². The standard InChI is InChI=1S/C12H12F3NO3/c13-12(14,15)8-1-3-9(4-2-8)16-11(10(17)18)5-6-19-7-11/h1-4,16H,5-7H2,(H,17,18). The highest BCUT2D eigenvalue weighted by Crippen LogP contribution is 2.31. The molecule has 1 aliphatic rings. The van der Waals surface area contributed by atoms with E-state index in [1.54, 1.807) is 0 Å². The van der Waals surface area contributed by atoms with Crippen molar-refractivity contribution in [3.05, 3.63) is 29.8 Å².